The fraction of sp³-hybridized carbons (Fsp3) is 0.600. The Balaban J connectivity index is 1.65. The maximum absolute atomic E-state index is 14.1. The summed E-state index contributed by atoms with van der Waals surface area (Å²) in [6.45, 7) is 3.39. The van der Waals surface area contributed by atoms with Gasteiger partial charge in [-0.05, 0) is 49.3 Å². The Labute approximate surface area is 155 Å². The molecule has 0 radical (unpaired) electrons. The molecule has 0 aromatic heterocycles. The van der Waals surface area contributed by atoms with Gasteiger partial charge in [0.1, 0.15) is 11.6 Å². The molecule has 0 spiro atoms. The van der Waals surface area contributed by atoms with Gasteiger partial charge in [0.25, 0.3) is 0 Å². The Hall–Kier alpha value is -1.65. The molecule has 0 atom stereocenters. The van der Waals surface area contributed by atoms with Gasteiger partial charge in [-0.3, -0.25) is 0 Å². The van der Waals surface area contributed by atoms with Crippen molar-refractivity contribution < 1.29 is 31.4 Å². The second-order valence-corrected chi connectivity index (χ2v) is 7.36. The van der Waals surface area contributed by atoms with E-state index in [9.17, 15) is 22.0 Å². The molecule has 1 heterocycles. The average molecular weight is 388 g/mol. The lowest BCUT2D eigenvalue weighted by atomic mass is 9.78. The quantitative estimate of drug-likeness (QED) is 0.515. The third kappa shape index (κ3) is 5.20. The molecule has 1 aliphatic heterocycles. The molecule has 0 amide bonds. The molecule has 2 fully saturated rings. The van der Waals surface area contributed by atoms with Gasteiger partial charge >= 0.3 is 6.18 Å². The second kappa shape index (κ2) is 8.15. The van der Waals surface area contributed by atoms with Gasteiger partial charge in [0.15, 0.2) is 6.29 Å². The van der Waals surface area contributed by atoms with Crippen molar-refractivity contribution >= 4 is 0 Å². The minimum absolute atomic E-state index is 0.0441. The zero-order valence-electron chi connectivity index (χ0n) is 14.9. The third-order valence-corrected chi connectivity index (χ3v) is 5.11. The van der Waals surface area contributed by atoms with Crippen molar-refractivity contribution in [3.63, 3.8) is 0 Å². The lowest BCUT2D eigenvalue weighted by Crippen LogP contribution is -2.37. The molecular weight excluding hydrogens is 367 g/mol. The SMILES string of the molecule is CC1COC(C2CCC(c3cc(F)c(C#CC(F)(F)F)c(F)c3)CC2)OC1. The van der Waals surface area contributed by atoms with Gasteiger partial charge in [-0.25, -0.2) is 8.78 Å². The Morgan fingerprint density at radius 3 is 2.04 bits per heavy atom. The van der Waals surface area contributed by atoms with Crippen LogP contribution in [0.15, 0.2) is 12.1 Å². The molecule has 27 heavy (non-hydrogen) atoms. The van der Waals surface area contributed by atoms with E-state index in [4.69, 9.17) is 9.47 Å². The van der Waals surface area contributed by atoms with E-state index < -0.39 is 23.4 Å². The second-order valence-electron chi connectivity index (χ2n) is 7.36. The number of alkyl halides is 3. The van der Waals surface area contributed by atoms with Gasteiger partial charge in [-0.1, -0.05) is 12.8 Å². The zero-order chi connectivity index (χ0) is 19.6. The van der Waals surface area contributed by atoms with Crippen molar-refractivity contribution in [3.05, 3.63) is 34.9 Å². The van der Waals surface area contributed by atoms with Crippen molar-refractivity contribution in [2.24, 2.45) is 11.8 Å². The van der Waals surface area contributed by atoms with E-state index in [1.165, 1.54) is 0 Å². The number of benzene rings is 1. The van der Waals surface area contributed by atoms with Gasteiger partial charge < -0.3 is 9.47 Å². The predicted octanol–water partition coefficient (Wildman–Crippen LogP) is 5.16. The summed E-state index contributed by atoms with van der Waals surface area (Å²) in [6, 6.07) is 2.20. The highest BCUT2D eigenvalue weighted by Gasteiger charge is 2.32. The van der Waals surface area contributed by atoms with Gasteiger partial charge in [-0.15, -0.1) is 0 Å². The molecule has 3 rings (SSSR count). The molecule has 0 bridgehead atoms. The fourth-order valence-electron chi connectivity index (χ4n) is 3.69. The molecule has 1 aromatic carbocycles. The number of ether oxygens (including phenoxy) is 2. The Morgan fingerprint density at radius 1 is 0.963 bits per heavy atom. The molecular formula is C20H21F5O2. The number of hydrogen-bond acceptors (Lipinski definition) is 2. The van der Waals surface area contributed by atoms with Crippen LogP contribution in [0.3, 0.4) is 0 Å². The standard InChI is InChI=1S/C20H21F5O2/c1-12-10-26-19(27-11-12)14-4-2-13(3-5-14)15-8-17(21)16(18(22)9-15)6-7-20(23,24)25/h8-9,12-14,19H,2-5,10-11H2,1H3. The molecule has 148 valence electrons. The van der Waals surface area contributed by atoms with Crippen molar-refractivity contribution in [1.82, 2.24) is 0 Å². The van der Waals surface area contributed by atoms with E-state index in [0.717, 1.165) is 43.7 Å². The van der Waals surface area contributed by atoms with E-state index >= 15 is 0 Å². The molecule has 1 aliphatic carbocycles. The number of hydrogen-bond donors (Lipinski definition) is 0. The Morgan fingerprint density at radius 2 is 1.52 bits per heavy atom. The minimum atomic E-state index is -4.79. The molecule has 1 aromatic rings. The molecule has 1 saturated carbocycles. The highest BCUT2D eigenvalue weighted by Crippen LogP contribution is 2.39. The summed E-state index contributed by atoms with van der Waals surface area (Å²) >= 11 is 0. The first-order chi connectivity index (χ1) is 12.7. The van der Waals surface area contributed by atoms with Gasteiger partial charge in [-0.2, -0.15) is 13.2 Å². The largest absolute Gasteiger partial charge is 0.458 e. The van der Waals surface area contributed by atoms with Crippen LogP contribution in [0, 0.1) is 35.3 Å². The van der Waals surface area contributed by atoms with Crippen LogP contribution in [0.1, 0.15) is 49.7 Å². The van der Waals surface area contributed by atoms with Gasteiger partial charge in [0, 0.05) is 17.8 Å². The predicted molar refractivity (Wildman–Crippen MR) is 88.8 cm³/mol. The van der Waals surface area contributed by atoms with Crippen molar-refractivity contribution in [2.75, 3.05) is 13.2 Å². The first-order valence-corrected chi connectivity index (χ1v) is 9.05. The van der Waals surface area contributed by atoms with Crippen LogP contribution in [0.4, 0.5) is 22.0 Å². The lowest BCUT2D eigenvalue weighted by Gasteiger charge is -2.37. The first-order valence-electron chi connectivity index (χ1n) is 9.05. The molecule has 1 saturated heterocycles. The van der Waals surface area contributed by atoms with Gasteiger partial charge in [0.05, 0.1) is 18.8 Å². The topological polar surface area (TPSA) is 18.5 Å². The van der Waals surface area contributed by atoms with Crippen LogP contribution in [0.25, 0.3) is 0 Å². The fourth-order valence-corrected chi connectivity index (χ4v) is 3.69. The van der Waals surface area contributed by atoms with E-state index in [1.807, 2.05) is 0 Å². The smallest absolute Gasteiger partial charge is 0.352 e. The van der Waals surface area contributed by atoms with Crippen LogP contribution < -0.4 is 0 Å². The summed E-state index contributed by atoms with van der Waals surface area (Å²) in [6.07, 6.45) is -1.97. The Bertz CT molecular complexity index is 695. The van der Waals surface area contributed by atoms with Crippen molar-refractivity contribution in [1.29, 1.82) is 0 Å². The van der Waals surface area contributed by atoms with E-state index in [0.29, 0.717) is 24.7 Å². The van der Waals surface area contributed by atoms with Crippen LogP contribution >= 0.6 is 0 Å². The average Bonchev–Trinajstić information content (AvgIpc) is 2.61. The normalized spacial score (nSPS) is 29.1. The van der Waals surface area contributed by atoms with Crippen LogP contribution in [0.5, 0.6) is 0 Å². The summed E-state index contributed by atoms with van der Waals surface area (Å²) < 4.78 is 76.1. The molecule has 2 nitrogen and oxygen atoms in total. The molecule has 2 aliphatic rings. The minimum Gasteiger partial charge on any atom is -0.352 e. The zero-order valence-corrected chi connectivity index (χ0v) is 14.9. The number of halogens is 5. The molecule has 0 N–H and O–H groups in total. The maximum atomic E-state index is 14.1. The number of rotatable bonds is 2. The summed E-state index contributed by atoms with van der Waals surface area (Å²) in [5.74, 6) is 0.920. The summed E-state index contributed by atoms with van der Waals surface area (Å²) in [7, 11) is 0. The van der Waals surface area contributed by atoms with Crippen LogP contribution in [-0.2, 0) is 9.47 Å². The van der Waals surface area contributed by atoms with Crippen molar-refractivity contribution in [2.45, 2.75) is 51.0 Å². The van der Waals surface area contributed by atoms with E-state index in [1.54, 1.807) is 5.92 Å². The van der Waals surface area contributed by atoms with E-state index in [-0.39, 0.29) is 18.1 Å². The molecule has 7 heteroatoms. The monoisotopic (exact) mass is 388 g/mol. The highest BCUT2D eigenvalue weighted by atomic mass is 19.4. The van der Waals surface area contributed by atoms with Crippen molar-refractivity contribution in [3.8, 4) is 11.8 Å². The molecule has 0 unspecified atom stereocenters. The summed E-state index contributed by atoms with van der Waals surface area (Å²) in [5.41, 5.74) is -0.386. The third-order valence-electron chi connectivity index (χ3n) is 5.11. The van der Waals surface area contributed by atoms with Crippen LogP contribution in [-0.4, -0.2) is 25.7 Å². The Kier molecular flexibility index (Phi) is 6.07. The summed E-state index contributed by atoms with van der Waals surface area (Å²) in [4.78, 5) is 0. The van der Waals surface area contributed by atoms with Crippen LogP contribution in [0.2, 0.25) is 0 Å². The highest BCUT2D eigenvalue weighted by molar-refractivity contribution is 5.40. The maximum Gasteiger partial charge on any atom is 0.458 e. The first kappa shape index (κ1) is 20.1. The van der Waals surface area contributed by atoms with E-state index in [2.05, 4.69) is 6.92 Å². The van der Waals surface area contributed by atoms with Gasteiger partial charge in [0.2, 0.25) is 0 Å². The lowest BCUT2D eigenvalue weighted by molar-refractivity contribution is -0.226. The summed E-state index contributed by atoms with van der Waals surface area (Å²) in [5, 5.41) is 0.